The minimum atomic E-state index is -0.458. The Morgan fingerprint density at radius 1 is 0.562 bits per heavy atom. The highest BCUT2D eigenvalue weighted by Gasteiger charge is 2.52. The minimum absolute atomic E-state index is 0.0220. The number of hydrogen-bond donors (Lipinski definition) is 5. The van der Waals surface area contributed by atoms with Crippen LogP contribution in [0.4, 0.5) is 10.1 Å². The fraction of sp³-hybridized carbons (Fsp3) is 0.367. The van der Waals surface area contributed by atoms with Gasteiger partial charge in [0.15, 0.2) is 17.3 Å². The maximum atomic E-state index is 13.1. The minimum Gasteiger partial charge on any atom is -0.348 e. The van der Waals surface area contributed by atoms with Gasteiger partial charge in [-0.15, -0.1) is 0 Å². The number of pyridine rings is 2. The van der Waals surface area contributed by atoms with Crippen molar-refractivity contribution in [1.82, 2.24) is 30.6 Å². The second-order valence-electron chi connectivity index (χ2n) is 30.3. The lowest BCUT2D eigenvalue weighted by atomic mass is 9.94. The number of aliphatic imine (C=N–C) groups is 1. The van der Waals surface area contributed by atoms with Crippen LogP contribution in [0.2, 0.25) is 0 Å². The topological polar surface area (TPSA) is 216 Å². The van der Waals surface area contributed by atoms with Crippen molar-refractivity contribution in [2.24, 2.45) is 4.99 Å². The van der Waals surface area contributed by atoms with E-state index in [0.29, 0.717) is 76.9 Å². The summed E-state index contributed by atoms with van der Waals surface area (Å²) in [4.78, 5) is 95.3. The Hall–Kier alpha value is -10.3. The molecule has 1 saturated carbocycles. The third-order valence-electron chi connectivity index (χ3n) is 19.8. The molecule has 6 aromatic carbocycles. The van der Waals surface area contributed by atoms with Crippen molar-refractivity contribution < 1.29 is 23.6 Å². The monoisotopic (exact) mass is 1420 g/mol. The number of allylic oxidation sites excluding steroid dienone is 1. The predicted octanol–water partition coefficient (Wildman–Crippen LogP) is 20.2. The molecule has 15 rings (SSSR count). The number of benzene rings is 6. The molecule has 1 spiro atoms. The zero-order valence-corrected chi connectivity index (χ0v) is 64.4. The molecule has 0 radical (unpaired) electrons. The number of fused-ring (bicyclic) bond motifs is 7. The molecule has 3 aromatic heterocycles. The number of aromatic nitrogens is 4. The summed E-state index contributed by atoms with van der Waals surface area (Å²) in [6, 6.07) is 40.9. The van der Waals surface area contributed by atoms with E-state index in [4.69, 9.17) is 0 Å². The molecule has 0 saturated heterocycles. The van der Waals surface area contributed by atoms with Crippen LogP contribution < -0.4 is 27.4 Å². The van der Waals surface area contributed by atoms with Crippen LogP contribution in [0.3, 0.4) is 0 Å². The number of H-pyrrole nitrogens is 3. The molecular formula is C90H106FN7O7. The molecule has 0 unspecified atom stereocenters. The van der Waals surface area contributed by atoms with Gasteiger partial charge in [0.2, 0.25) is 5.56 Å². The lowest BCUT2D eigenvalue weighted by molar-refractivity contribution is 0.0961. The number of carbonyl (C=O) groups excluding carboxylic acids is 4. The number of ketones is 3. The lowest BCUT2D eigenvalue weighted by Crippen LogP contribution is -2.22. The van der Waals surface area contributed by atoms with Crippen LogP contribution in [0.5, 0.6) is 0 Å². The quantitative estimate of drug-likeness (QED) is 0.0868. The Balaban J connectivity index is 0.000000152. The Morgan fingerprint density at radius 2 is 1.14 bits per heavy atom. The number of carbonyl (C=O) groups is 4. The lowest BCUT2D eigenvalue weighted by Gasteiger charge is -2.18. The largest absolute Gasteiger partial charge is 0.348 e. The van der Waals surface area contributed by atoms with Crippen LogP contribution in [0.15, 0.2) is 172 Å². The number of halogens is 1. The van der Waals surface area contributed by atoms with Crippen molar-refractivity contribution in [1.29, 1.82) is 0 Å². The smallest absolute Gasteiger partial charge is 0.326 e. The summed E-state index contributed by atoms with van der Waals surface area (Å²) in [6.45, 7) is 39.9. The van der Waals surface area contributed by atoms with E-state index >= 15 is 0 Å². The number of rotatable bonds is 9. The Morgan fingerprint density at radius 3 is 1.75 bits per heavy atom. The average molecular weight is 1420 g/mol. The molecule has 550 valence electrons. The van der Waals surface area contributed by atoms with E-state index in [-0.39, 0.29) is 39.7 Å². The van der Waals surface area contributed by atoms with Crippen LogP contribution in [-0.4, -0.2) is 49.5 Å². The number of hydrogen-bond acceptors (Lipinski definition) is 10. The number of para-hydroxylation sites is 2. The third-order valence-corrected chi connectivity index (χ3v) is 19.8. The molecule has 9 aromatic rings. The van der Waals surface area contributed by atoms with Gasteiger partial charge in [0.1, 0.15) is 5.82 Å². The number of nitrogens with one attached hydrogen (secondary N) is 5. The maximum absolute atomic E-state index is 13.1. The molecule has 14 nitrogen and oxygen atoms in total. The van der Waals surface area contributed by atoms with Crippen LogP contribution in [0, 0.1) is 5.82 Å². The molecule has 4 aliphatic carbocycles. The fourth-order valence-corrected chi connectivity index (χ4v) is 13.2. The first-order chi connectivity index (χ1) is 49.8. The van der Waals surface area contributed by atoms with E-state index in [2.05, 4.69) is 198 Å². The van der Waals surface area contributed by atoms with Crippen molar-refractivity contribution in [2.75, 3.05) is 0 Å². The second kappa shape index (κ2) is 35.9. The van der Waals surface area contributed by atoms with Gasteiger partial charge in [0, 0.05) is 77.6 Å². The first kappa shape index (κ1) is 80.4. The molecule has 15 heteroatoms. The van der Waals surface area contributed by atoms with Gasteiger partial charge in [0.25, 0.3) is 11.5 Å². The summed E-state index contributed by atoms with van der Waals surface area (Å²) in [7, 11) is 0. The van der Waals surface area contributed by atoms with Gasteiger partial charge in [0.05, 0.1) is 34.2 Å². The molecule has 1 fully saturated rings. The SMILES string of the molecule is C=C1NC=Nc2c1cccc2C(C)C.CC(=O)c1cc(C(C)C)ccc1F.CC(C)c1cc[nH]c(=O)c1.CC(C)c1ccc2c(c1)C(=O)CC2.CC(C)c1ccc2c(c1)C(=O)CC21CC1.CC(C)c1cccc2c(=O)[nH]c(=O)[nH]c12.CC(C)c1cccc2c1CNC2=O.CC(C)c1cnc2c(c1)C=CC2. The van der Waals surface area contributed by atoms with Crippen molar-refractivity contribution in [3.8, 4) is 0 Å². The van der Waals surface area contributed by atoms with E-state index < -0.39 is 11.5 Å². The summed E-state index contributed by atoms with van der Waals surface area (Å²) in [5.41, 5.74) is 22.0. The normalized spacial score (nSPS) is 14.0. The third kappa shape index (κ3) is 20.6. The number of nitrogens with zero attached hydrogens (tertiary/aromatic N) is 2. The van der Waals surface area contributed by atoms with Crippen molar-refractivity contribution in [2.45, 2.75) is 216 Å². The van der Waals surface area contributed by atoms with Gasteiger partial charge >= 0.3 is 5.69 Å². The molecule has 1 amide bonds. The predicted molar refractivity (Wildman–Crippen MR) is 428 cm³/mol. The van der Waals surface area contributed by atoms with Crippen LogP contribution in [0.1, 0.15) is 310 Å². The number of Topliss-reactive ketones (excluding diaryl/α,β-unsaturated/α-hetero) is 3. The molecular weight excluding hydrogens is 1310 g/mol. The highest BCUT2D eigenvalue weighted by atomic mass is 19.1. The van der Waals surface area contributed by atoms with Gasteiger partial charge in [-0.25, -0.2) is 14.2 Å². The summed E-state index contributed by atoms with van der Waals surface area (Å²) in [5.74, 6) is 3.70. The van der Waals surface area contributed by atoms with E-state index in [1.54, 1.807) is 36.8 Å². The number of amides is 1. The van der Waals surface area contributed by atoms with E-state index in [1.165, 1.54) is 81.6 Å². The Kier molecular flexibility index (Phi) is 27.5. The Bertz CT molecular complexity index is 4880. The highest BCUT2D eigenvalue weighted by Crippen LogP contribution is 2.57. The van der Waals surface area contributed by atoms with Gasteiger partial charge in [-0.05, 0) is 189 Å². The van der Waals surface area contributed by atoms with Crippen LogP contribution >= 0.6 is 0 Å². The maximum Gasteiger partial charge on any atom is 0.326 e. The fourth-order valence-electron chi connectivity index (χ4n) is 13.2. The first-order valence-corrected chi connectivity index (χ1v) is 37.0. The zero-order chi connectivity index (χ0) is 76.7. The standard InChI is InChI=1S/C14H16O.C12H14N2.C12H14O.C11H13FO.C11H12N2O2.C11H13NO.C11H13N.C8H11NO/c1-9(2)10-3-4-12-11(7-10)13(15)8-14(12)5-6-14;1-8(2)10-5-4-6-11-9(3)13-7-14-12(10)11;1-8(2)10-4-3-9-5-6-12(13)11(9)7-10;1-7(2)9-4-5-11(12)10(6-9)8(3)13;1-6(2)7-4-3-5-8-9(7)12-11(15)13-10(8)14;1-7(2)8-4-3-5-9-10(8)6-12-11(9)13;1-8(2)10-6-9-4-3-5-11(9)12-7-10;1-6(2)7-3-4-9-8(10)5-7/h3-4,7,9H,5-6,8H2,1-2H3;4-8H,3H2,1-2H3,(H,13,14);3-4,7-8H,5-6H2,1-2H3;4-7H,1-3H3;3-6H,1-2H3,(H2,12,13,14,15);3-5,7H,6H2,1-2H3,(H,12,13);3-4,6-8H,5H2,1-2H3;3-6H,1-2H3,(H,9,10). The first-order valence-electron chi connectivity index (χ1n) is 37.0. The highest BCUT2D eigenvalue weighted by molar-refractivity contribution is 6.03. The van der Waals surface area contributed by atoms with Crippen molar-refractivity contribution in [3.05, 3.63) is 290 Å². The summed E-state index contributed by atoms with van der Waals surface area (Å²) in [5, 5.41) is 6.39. The number of aromatic amines is 3. The summed E-state index contributed by atoms with van der Waals surface area (Å²) < 4.78 is 13.1. The Labute approximate surface area is 619 Å². The molecule has 2 aliphatic heterocycles. The summed E-state index contributed by atoms with van der Waals surface area (Å²) >= 11 is 0. The van der Waals surface area contributed by atoms with Crippen LogP contribution in [-0.2, 0) is 24.8 Å². The summed E-state index contributed by atoms with van der Waals surface area (Å²) in [6.07, 6.45) is 15.6. The molecule has 5 heterocycles. The molecule has 5 N–H and O–H groups in total. The molecule has 105 heavy (non-hydrogen) atoms. The van der Waals surface area contributed by atoms with Crippen LogP contribution in [0.25, 0.3) is 22.7 Å². The van der Waals surface area contributed by atoms with Gasteiger partial charge in [-0.2, -0.15) is 0 Å². The zero-order valence-electron chi connectivity index (χ0n) is 64.4. The molecule has 6 aliphatic rings. The number of aryl methyl sites for hydroxylation is 1. The second-order valence-corrected chi connectivity index (χ2v) is 30.3. The van der Waals surface area contributed by atoms with Crippen molar-refractivity contribution in [3.63, 3.8) is 0 Å². The van der Waals surface area contributed by atoms with Gasteiger partial charge in [-0.1, -0.05) is 202 Å². The van der Waals surface area contributed by atoms with E-state index in [9.17, 15) is 38.0 Å². The molecule has 0 atom stereocenters. The van der Waals surface area contributed by atoms with Crippen molar-refractivity contribution >= 4 is 58.0 Å². The van der Waals surface area contributed by atoms with Gasteiger partial charge in [-0.3, -0.25) is 38.7 Å². The van der Waals surface area contributed by atoms with Gasteiger partial charge < -0.3 is 20.6 Å². The van der Waals surface area contributed by atoms with E-state index in [0.717, 1.165) is 69.6 Å². The average Bonchev–Trinajstić information content (AvgIpc) is 1.56. The van der Waals surface area contributed by atoms with E-state index in [1.807, 2.05) is 70.3 Å². The molecule has 0 bridgehead atoms.